The molecule has 0 N–H and O–H groups in total. The summed E-state index contributed by atoms with van der Waals surface area (Å²) in [5, 5.41) is 9.65. The number of guanidine groups is 1. The van der Waals surface area contributed by atoms with Gasteiger partial charge in [-0.25, -0.2) is 14.5 Å². The second-order valence-electron chi connectivity index (χ2n) is 11.2. The molecule has 0 radical (unpaired) electrons. The van der Waals surface area contributed by atoms with Crippen LogP contribution in [0.5, 0.6) is 0 Å². The second-order valence-corrected chi connectivity index (χ2v) is 11.2. The number of aromatic nitrogens is 1. The lowest BCUT2D eigenvalue weighted by Gasteiger charge is -2.18. The van der Waals surface area contributed by atoms with E-state index >= 15 is 0 Å². The molecule has 2 aliphatic rings. The van der Waals surface area contributed by atoms with Gasteiger partial charge in [-0.1, -0.05) is 58.7 Å². The quantitative estimate of drug-likeness (QED) is 0.199. The molecule has 0 amide bonds. The maximum atomic E-state index is 4.92. The highest BCUT2D eigenvalue weighted by Gasteiger charge is 2.36. The number of nitrogens with zero attached hydrogens (tertiary/aromatic N) is 6. The monoisotopic (exact) mass is 529 g/mol. The first-order valence-corrected chi connectivity index (χ1v) is 14.1. The predicted molar refractivity (Wildman–Crippen MR) is 164 cm³/mol. The highest BCUT2D eigenvalue weighted by Crippen LogP contribution is 2.35. The van der Waals surface area contributed by atoms with Crippen molar-refractivity contribution in [3.8, 4) is 0 Å². The third-order valence-electron chi connectivity index (χ3n) is 7.99. The Morgan fingerprint density at radius 1 is 0.725 bits per heavy atom. The van der Waals surface area contributed by atoms with Crippen LogP contribution in [0.15, 0.2) is 77.1 Å². The van der Waals surface area contributed by atoms with E-state index in [9.17, 15) is 0 Å². The molecule has 6 heteroatoms. The number of hydrogen-bond donors (Lipinski definition) is 0. The van der Waals surface area contributed by atoms with Gasteiger partial charge in [0, 0.05) is 17.3 Å². The normalized spacial score (nSPS) is 15.1. The van der Waals surface area contributed by atoms with Crippen molar-refractivity contribution in [1.82, 2.24) is 4.98 Å². The summed E-state index contributed by atoms with van der Waals surface area (Å²) in [5.41, 5.74) is 13.3. The van der Waals surface area contributed by atoms with E-state index in [4.69, 9.17) is 15.2 Å². The first-order chi connectivity index (χ1) is 19.3. The van der Waals surface area contributed by atoms with Gasteiger partial charge in [-0.05, 0) is 94.0 Å². The van der Waals surface area contributed by atoms with Gasteiger partial charge in [-0.15, -0.1) is 0 Å². The number of anilines is 3. The lowest BCUT2D eigenvalue weighted by atomic mass is 10.0. The number of para-hydroxylation sites is 1. The Morgan fingerprint density at radius 2 is 1.40 bits per heavy atom. The van der Waals surface area contributed by atoms with Crippen molar-refractivity contribution in [1.29, 1.82) is 0 Å². The number of fused-ring (bicyclic) bond motifs is 1. The van der Waals surface area contributed by atoms with Crippen LogP contribution in [-0.2, 0) is 6.42 Å². The molecule has 1 aromatic heterocycles. The van der Waals surface area contributed by atoms with E-state index in [-0.39, 0.29) is 0 Å². The van der Waals surface area contributed by atoms with Gasteiger partial charge < -0.3 is 4.90 Å². The van der Waals surface area contributed by atoms with Gasteiger partial charge in [0.1, 0.15) is 36.0 Å². The molecule has 40 heavy (non-hydrogen) atoms. The average molecular weight is 530 g/mol. The van der Waals surface area contributed by atoms with Crippen molar-refractivity contribution in [2.75, 3.05) is 29.4 Å². The van der Waals surface area contributed by atoms with Crippen LogP contribution in [0.25, 0.3) is 0 Å². The average Bonchev–Trinajstić information content (AvgIpc) is 3.51. The number of pyridine rings is 1. The zero-order chi connectivity index (χ0) is 28.0. The van der Waals surface area contributed by atoms with E-state index in [1.807, 2.05) is 18.3 Å². The van der Waals surface area contributed by atoms with E-state index in [0.29, 0.717) is 0 Å². The Balaban J connectivity index is 1.39. The number of rotatable bonds is 4. The number of benzene rings is 3. The fourth-order valence-electron chi connectivity index (χ4n) is 6.55. The molecule has 6 rings (SSSR count). The fourth-order valence-corrected chi connectivity index (χ4v) is 6.55. The number of hydrogen-bond acceptors (Lipinski definition) is 5. The lowest BCUT2D eigenvalue weighted by molar-refractivity contribution is -0.430. The van der Waals surface area contributed by atoms with Gasteiger partial charge in [0.25, 0.3) is 0 Å². The van der Waals surface area contributed by atoms with Gasteiger partial charge in [0.05, 0.1) is 6.20 Å². The highest BCUT2D eigenvalue weighted by molar-refractivity contribution is 5.96. The molecule has 0 atom stereocenters. The summed E-state index contributed by atoms with van der Waals surface area (Å²) in [4.78, 5) is 9.37. The van der Waals surface area contributed by atoms with Crippen LogP contribution < -0.4 is 9.80 Å². The SMILES string of the molecule is Cc1cc(C)c(N2CC[N+](c3c(C)cc(C)cc3C)=C2N=Nc2ccc(N3CCc4ccccc43)nc2)c(C)c1. The lowest BCUT2D eigenvalue weighted by Crippen LogP contribution is -2.28. The van der Waals surface area contributed by atoms with Crippen molar-refractivity contribution in [3.63, 3.8) is 0 Å². The minimum Gasteiger partial charge on any atom is -0.326 e. The maximum absolute atomic E-state index is 4.92. The molecule has 3 aromatic carbocycles. The van der Waals surface area contributed by atoms with E-state index in [1.54, 1.807) is 0 Å². The Labute approximate surface area is 237 Å². The summed E-state index contributed by atoms with van der Waals surface area (Å²) in [6.45, 7) is 15.7. The summed E-state index contributed by atoms with van der Waals surface area (Å²) in [5.74, 6) is 1.79. The zero-order valence-corrected chi connectivity index (χ0v) is 24.4. The summed E-state index contributed by atoms with van der Waals surface area (Å²) in [6, 6.07) is 21.6. The minimum absolute atomic E-state index is 0.741. The molecule has 4 aromatic rings. The Bertz CT molecular complexity index is 1620. The van der Waals surface area contributed by atoms with Gasteiger partial charge >= 0.3 is 5.96 Å². The van der Waals surface area contributed by atoms with E-state index < -0.39 is 0 Å². The Hall–Kier alpha value is -4.32. The van der Waals surface area contributed by atoms with E-state index in [0.717, 1.165) is 43.5 Å². The zero-order valence-electron chi connectivity index (χ0n) is 24.4. The van der Waals surface area contributed by atoms with Crippen LogP contribution in [0.4, 0.5) is 28.6 Å². The molecule has 0 saturated heterocycles. The Morgan fingerprint density at radius 3 is 2.08 bits per heavy atom. The van der Waals surface area contributed by atoms with Gasteiger partial charge in [0.15, 0.2) is 0 Å². The second kappa shape index (κ2) is 10.3. The highest BCUT2D eigenvalue weighted by atomic mass is 15.4. The molecule has 0 fully saturated rings. The first kappa shape index (κ1) is 25.9. The van der Waals surface area contributed by atoms with Gasteiger partial charge in [0.2, 0.25) is 0 Å². The number of aryl methyl sites for hydroxylation is 6. The van der Waals surface area contributed by atoms with Crippen molar-refractivity contribution in [3.05, 3.63) is 106 Å². The van der Waals surface area contributed by atoms with E-state index in [1.165, 1.54) is 56.0 Å². The molecule has 0 aliphatic carbocycles. The summed E-state index contributed by atoms with van der Waals surface area (Å²) >= 11 is 0. The summed E-state index contributed by atoms with van der Waals surface area (Å²) in [7, 11) is 0. The molecular weight excluding hydrogens is 492 g/mol. The van der Waals surface area contributed by atoms with Gasteiger partial charge in [-0.3, -0.25) is 0 Å². The fraction of sp³-hybridized carbons (Fsp3) is 0.294. The van der Waals surface area contributed by atoms with E-state index in [2.05, 4.69) is 104 Å². The van der Waals surface area contributed by atoms with Crippen molar-refractivity contribution >= 4 is 34.5 Å². The molecule has 0 unspecified atom stereocenters. The summed E-state index contributed by atoms with van der Waals surface area (Å²) < 4.78 is 2.33. The van der Waals surface area contributed by atoms with Crippen LogP contribution in [0.3, 0.4) is 0 Å². The van der Waals surface area contributed by atoms with Crippen LogP contribution in [0.1, 0.15) is 38.9 Å². The summed E-state index contributed by atoms with van der Waals surface area (Å²) in [6.07, 6.45) is 2.87. The van der Waals surface area contributed by atoms with Crippen molar-refractivity contribution < 1.29 is 4.58 Å². The van der Waals surface area contributed by atoms with Crippen molar-refractivity contribution in [2.24, 2.45) is 10.2 Å². The maximum Gasteiger partial charge on any atom is 0.422 e. The van der Waals surface area contributed by atoms with Crippen LogP contribution in [0, 0.1) is 41.5 Å². The predicted octanol–water partition coefficient (Wildman–Crippen LogP) is 7.93. The Kier molecular flexibility index (Phi) is 6.70. The van der Waals surface area contributed by atoms with Crippen LogP contribution in [0.2, 0.25) is 0 Å². The molecule has 2 aliphatic heterocycles. The standard InChI is InChI=1S/C34H37N6/c1-22-17-24(3)32(25(4)18-22)39-15-16-40(33-26(5)19-23(2)20-27(33)6)34(39)37-36-29-11-12-31(35-21-29)38-14-13-28-9-7-8-10-30(28)38/h7-12,17-21H,13-16H2,1-6H3/q+1. The van der Waals surface area contributed by atoms with Crippen LogP contribution >= 0.6 is 0 Å². The largest absolute Gasteiger partial charge is 0.422 e. The number of azo groups is 1. The molecule has 0 spiro atoms. The smallest absolute Gasteiger partial charge is 0.326 e. The molecule has 0 bridgehead atoms. The van der Waals surface area contributed by atoms with Crippen LogP contribution in [-0.4, -0.2) is 35.2 Å². The molecule has 0 saturated carbocycles. The molecule has 3 heterocycles. The molecular formula is C34H37N6+. The molecule has 202 valence electrons. The third kappa shape index (κ3) is 4.68. The van der Waals surface area contributed by atoms with Crippen molar-refractivity contribution in [2.45, 2.75) is 48.0 Å². The minimum atomic E-state index is 0.741. The first-order valence-electron chi connectivity index (χ1n) is 14.1. The molecule has 6 nitrogen and oxygen atoms in total. The third-order valence-corrected chi connectivity index (χ3v) is 7.99. The topological polar surface area (TPSA) is 47.1 Å². The van der Waals surface area contributed by atoms with Gasteiger partial charge in [-0.2, -0.15) is 0 Å².